The summed E-state index contributed by atoms with van der Waals surface area (Å²) in [5.41, 5.74) is 1.77. The van der Waals surface area contributed by atoms with Crippen molar-refractivity contribution in [2.24, 2.45) is 0 Å². The van der Waals surface area contributed by atoms with Gasteiger partial charge in [-0.05, 0) is 48.6 Å². The Hall–Kier alpha value is -1.53. The van der Waals surface area contributed by atoms with Crippen LogP contribution in [0, 0.1) is 0 Å². The minimum Gasteiger partial charge on any atom is -0.372 e. The van der Waals surface area contributed by atoms with E-state index in [9.17, 15) is 8.42 Å². The SMILES string of the molecule is O=S(=O)(Nc1ccc(N2CCCCCC2)cc1)c1cccs1. The Bertz CT molecular complexity index is 686. The lowest BCUT2D eigenvalue weighted by Crippen LogP contribution is -2.23. The number of nitrogens with zero attached hydrogens (tertiary/aromatic N) is 1. The first kappa shape index (κ1) is 15.4. The number of hydrogen-bond donors (Lipinski definition) is 1. The molecule has 1 aromatic carbocycles. The third kappa shape index (κ3) is 3.62. The van der Waals surface area contributed by atoms with Crippen molar-refractivity contribution in [3.63, 3.8) is 0 Å². The summed E-state index contributed by atoms with van der Waals surface area (Å²) in [6, 6.07) is 11.0. The van der Waals surface area contributed by atoms with Gasteiger partial charge in [-0.2, -0.15) is 0 Å². The highest BCUT2D eigenvalue weighted by Gasteiger charge is 2.15. The van der Waals surface area contributed by atoms with E-state index < -0.39 is 10.0 Å². The van der Waals surface area contributed by atoms with E-state index in [1.54, 1.807) is 17.5 Å². The van der Waals surface area contributed by atoms with E-state index in [1.807, 2.05) is 24.3 Å². The van der Waals surface area contributed by atoms with Crippen LogP contribution in [0.1, 0.15) is 25.7 Å². The van der Waals surface area contributed by atoms with Crippen LogP contribution in [0.5, 0.6) is 0 Å². The summed E-state index contributed by atoms with van der Waals surface area (Å²) < 4.78 is 27.3. The van der Waals surface area contributed by atoms with Gasteiger partial charge in [0.25, 0.3) is 10.0 Å². The topological polar surface area (TPSA) is 49.4 Å². The van der Waals surface area contributed by atoms with Gasteiger partial charge in [0.05, 0.1) is 0 Å². The largest absolute Gasteiger partial charge is 0.372 e. The van der Waals surface area contributed by atoms with Gasteiger partial charge in [-0.25, -0.2) is 8.42 Å². The van der Waals surface area contributed by atoms with Crippen LogP contribution in [0.3, 0.4) is 0 Å². The molecule has 22 heavy (non-hydrogen) atoms. The molecule has 1 aliphatic rings. The molecule has 2 aromatic rings. The van der Waals surface area contributed by atoms with Gasteiger partial charge in [0.1, 0.15) is 4.21 Å². The second kappa shape index (κ2) is 6.71. The summed E-state index contributed by atoms with van der Waals surface area (Å²) in [6.07, 6.45) is 5.06. The Kier molecular flexibility index (Phi) is 4.69. The Morgan fingerprint density at radius 1 is 0.955 bits per heavy atom. The number of anilines is 2. The molecule has 0 bridgehead atoms. The first-order valence-corrected chi connectivity index (χ1v) is 9.93. The summed E-state index contributed by atoms with van der Waals surface area (Å²) in [5.74, 6) is 0. The Morgan fingerprint density at radius 3 is 2.23 bits per heavy atom. The maximum Gasteiger partial charge on any atom is 0.271 e. The minimum atomic E-state index is -3.46. The van der Waals surface area contributed by atoms with Crippen molar-refractivity contribution in [1.82, 2.24) is 0 Å². The number of benzene rings is 1. The van der Waals surface area contributed by atoms with Gasteiger partial charge < -0.3 is 4.90 Å². The molecule has 2 heterocycles. The fraction of sp³-hybridized carbons (Fsp3) is 0.375. The quantitative estimate of drug-likeness (QED) is 0.920. The van der Waals surface area contributed by atoms with Gasteiger partial charge in [0.2, 0.25) is 0 Å². The highest BCUT2D eigenvalue weighted by Crippen LogP contribution is 2.24. The molecule has 4 nitrogen and oxygen atoms in total. The van der Waals surface area contributed by atoms with Crippen molar-refractivity contribution >= 4 is 32.7 Å². The molecule has 3 rings (SSSR count). The Balaban J connectivity index is 1.71. The van der Waals surface area contributed by atoms with Gasteiger partial charge in [-0.15, -0.1) is 11.3 Å². The van der Waals surface area contributed by atoms with Crippen LogP contribution < -0.4 is 9.62 Å². The molecule has 118 valence electrons. The van der Waals surface area contributed by atoms with E-state index in [1.165, 1.54) is 42.7 Å². The Labute approximate surface area is 135 Å². The third-order valence-electron chi connectivity index (χ3n) is 3.85. The zero-order chi connectivity index (χ0) is 15.4. The minimum absolute atomic E-state index is 0.337. The van der Waals surface area contributed by atoms with Crippen LogP contribution in [-0.4, -0.2) is 21.5 Å². The van der Waals surface area contributed by atoms with Crippen LogP contribution in [0.4, 0.5) is 11.4 Å². The molecule has 0 saturated carbocycles. The summed E-state index contributed by atoms with van der Waals surface area (Å²) >= 11 is 1.22. The lowest BCUT2D eigenvalue weighted by atomic mass is 10.2. The lowest BCUT2D eigenvalue weighted by molar-refractivity contribution is 0.603. The van der Waals surface area contributed by atoms with Crippen LogP contribution in [0.25, 0.3) is 0 Å². The van der Waals surface area contributed by atoms with Crippen LogP contribution >= 0.6 is 11.3 Å². The highest BCUT2D eigenvalue weighted by molar-refractivity contribution is 7.94. The molecule has 0 radical (unpaired) electrons. The van der Waals surface area contributed by atoms with Crippen LogP contribution in [0.15, 0.2) is 46.0 Å². The van der Waals surface area contributed by atoms with Gasteiger partial charge in [-0.3, -0.25) is 4.72 Å². The van der Waals surface area contributed by atoms with E-state index in [0.717, 1.165) is 13.1 Å². The van der Waals surface area contributed by atoms with E-state index in [4.69, 9.17) is 0 Å². The molecule has 1 aliphatic heterocycles. The molecule has 0 spiro atoms. The van der Waals surface area contributed by atoms with Crippen molar-refractivity contribution < 1.29 is 8.42 Å². The molecule has 0 amide bonds. The van der Waals surface area contributed by atoms with Crippen molar-refractivity contribution in [2.75, 3.05) is 22.7 Å². The second-order valence-corrected chi connectivity index (χ2v) is 8.34. The molecule has 1 saturated heterocycles. The number of nitrogens with one attached hydrogen (secondary N) is 1. The van der Waals surface area contributed by atoms with Crippen molar-refractivity contribution in [3.8, 4) is 0 Å². The molecule has 0 aliphatic carbocycles. The monoisotopic (exact) mass is 336 g/mol. The summed E-state index contributed by atoms with van der Waals surface area (Å²) in [4.78, 5) is 2.38. The fourth-order valence-corrected chi connectivity index (χ4v) is 4.74. The van der Waals surface area contributed by atoms with Crippen molar-refractivity contribution in [1.29, 1.82) is 0 Å². The number of rotatable bonds is 4. The maximum absolute atomic E-state index is 12.2. The molecular weight excluding hydrogens is 316 g/mol. The van der Waals surface area contributed by atoms with Crippen molar-refractivity contribution in [3.05, 3.63) is 41.8 Å². The molecule has 1 aromatic heterocycles. The number of sulfonamides is 1. The maximum atomic E-state index is 12.2. The third-order valence-corrected chi connectivity index (χ3v) is 6.63. The molecule has 0 unspecified atom stereocenters. The van der Waals surface area contributed by atoms with Gasteiger partial charge in [0, 0.05) is 24.5 Å². The predicted molar refractivity (Wildman–Crippen MR) is 92.3 cm³/mol. The smallest absolute Gasteiger partial charge is 0.271 e. The summed E-state index contributed by atoms with van der Waals surface area (Å²) in [5, 5.41) is 1.76. The van der Waals surface area contributed by atoms with Gasteiger partial charge in [0.15, 0.2) is 0 Å². The molecule has 1 fully saturated rings. The van der Waals surface area contributed by atoms with Gasteiger partial charge >= 0.3 is 0 Å². The number of thiophene rings is 1. The van der Waals surface area contributed by atoms with Gasteiger partial charge in [-0.1, -0.05) is 18.9 Å². The second-order valence-electron chi connectivity index (χ2n) is 5.49. The first-order valence-electron chi connectivity index (χ1n) is 7.56. The molecule has 0 atom stereocenters. The summed E-state index contributed by atoms with van der Waals surface area (Å²) in [7, 11) is -3.46. The normalized spacial score (nSPS) is 16.3. The summed E-state index contributed by atoms with van der Waals surface area (Å²) in [6.45, 7) is 2.17. The fourth-order valence-electron chi connectivity index (χ4n) is 2.69. The molecular formula is C16H20N2O2S2. The first-order chi connectivity index (χ1) is 10.6. The Morgan fingerprint density at radius 2 is 1.64 bits per heavy atom. The van der Waals surface area contributed by atoms with E-state index in [0.29, 0.717) is 9.90 Å². The number of hydrogen-bond acceptors (Lipinski definition) is 4. The standard InChI is InChI=1S/C16H20N2O2S2/c19-22(20,16-6-5-13-21-16)17-14-7-9-15(10-8-14)18-11-3-1-2-4-12-18/h5-10,13,17H,1-4,11-12H2. The zero-order valence-electron chi connectivity index (χ0n) is 12.4. The highest BCUT2D eigenvalue weighted by atomic mass is 32.2. The molecule has 1 N–H and O–H groups in total. The van der Waals surface area contributed by atoms with E-state index in [-0.39, 0.29) is 0 Å². The average molecular weight is 336 g/mol. The van der Waals surface area contributed by atoms with Crippen LogP contribution in [-0.2, 0) is 10.0 Å². The lowest BCUT2D eigenvalue weighted by Gasteiger charge is -2.22. The van der Waals surface area contributed by atoms with E-state index >= 15 is 0 Å². The predicted octanol–water partition coefficient (Wildman–Crippen LogP) is 3.93. The van der Waals surface area contributed by atoms with Crippen molar-refractivity contribution in [2.45, 2.75) is 29.9 Å². The van der Waals surface area contributed by atoms with E-state index in [2.05, 4.69) is 9.62 Å². The van der Waals surface area contributed by atoms with Crippen LogP contribution in [0.2, 0.25) is 0 Å². The zero-order valence-corrected chi connectivity index (χ0v) is 14.0. The average Bonchev–Trinajstić information content (AvgIpc) is 2.92. The molecule has 6 heteroatoms.